The van der Waals surface area contributed by atoms with Gasteiger partial charge in [-0.15, -0.1) is 11.3 Å². The van der Waals surface area contributed by atoms with Gasteiger partial charge in [-0.3, -0.25) is 0 Å². The van der Waals surface area contributed by atoms with Crippen LogP contribution < -0.4 is 5.73 Å². The Kier molecular flexibility index (Phi) is 3.72. The molecule has 0 aromatic carbocycles. The minimum atomic E-state index is -0.185. The van der Waals surface area contributed by atoms with Gasteiger partial charge in [0.1, 0.15) is 0 Å². The molecule has 2 rings (SSSR count). The van der Waals surface area contributed by atoms with Gasteiger partial charge in [0, 0.05) is 5.56 Å². The third-order valence-corrected chi connectivity index (χ3v) is 5.03. The summed E-state index contributed by atoms with van der Waals surface area (Å²) in [7, 11) is 0. The number of furan rings is 1. The van der Waals surface area contributed by atoms with Crippen molar-refractivity contribution in [2.75, 3.05) is 0 Å². The van der Waals surface area contributed by atoms with Crippen molar-refractivity contribution in [3.8, 4) is 0 Å². The van der Waals surface area contributed by atoms with E-state index in [1.54, 1.807) is 17.6 Å². The lowest BCUT2D eigenvalue weighted by Gasteiger charge is -2.08. The van der Waals surface area contributed by atoms with Gasteiger partial charge < -0.3 is 10.2 Å². The van der Waals surface area contributed by atoms with E-state index in [0.29, 0.717) is 4.67 Å². The second-order valence-corrected chi connectivity index (χ2v) is 7.38. The largest absolute Gasteiger partial charge is 0.457 e. The van der Waals surface area contributed by atoms with Gasteiger partial charge in [-0.2, -0.15) is 0 Å². The molecule has 0 aliphatic rings. The molecule has 15 heavy (non-hydrogen) atoms. The molecule has 0 radical (unpaired) electrons. The first kappa shape index (κ1) is 11.9. The summed E-state index contributed by atoms with van der Waals surface area (Å²) in [6.07, 6.45) is 1.62. The van der Waals surface area contributed by atoms with Crippen LogP contribution in [0.25, 0.3) is 0 Å². The Morgan fingerprint density at radius 2 is 2.00 bits per heavy atom. The van der Waals surface area contributed by atoms with E-state index < -0.39 is 0 Å². The first-order valence-corrected chi connectivity index (χ1v) is 7.22. The minimum Gasteiger partial charge on any atom is -0.457 e. The zero-order valence-corrected chi connectivity index (χ0v) is 12.9. The Labute approximate surface area is 116 Å². The molecular formula is C9H6Br3NOS. The van der Waals surface area contributed by atoms with Crippen LogP contribution in [-0.2, 0) is 0 Å². The van der Waals surface area contributed by atoms with E-state index in [1.165, 1.54) is 0 Å². The van der Waals surface area contributed by atoms with Crippen molar-refractivity contribution in [1.82, 2.24) is 0 Å². The molecule has 0 saturated heterocycles. The van der Waals surface area contributed by atoms with Crippen LogP contribution in [0.5, 0.6) is 0 Å². The summed E-state index contributed by atoms with van der Waals surface area (Å²) in [6, 6.07) is 3.70. The van der Waals surface area contributed by atoms with Gasteiger partial charge in [-0.1, -0.05) is 0 Å². The molecule has 0 amide bonds. The summed E-state index contributed by atoms with van der Waals surface area (Å²) in [5.74, 6) is 0. The predicted molar refractivity (Wildman–Crippen MR) is 72.2 cm³/mol. The summed E-state index contributed by atoms with van der Waals surface area (Å²) < 4.78 is 7.94. The topological polar surface area (TPSA) is 39.2 Å². The fourth-order valence-electron chi connectivity index (χ4n) is 1.26. The number of halogens is 3. The maximum Gasteiger partial charge on any atom is 0.174 e. The maximum absolute atomic E-state index is 6.14. The highest BCUT2D eigenvalue weighted by molar-refractivity contribution is 9.12. The molecule has 0 saturated carbocycles. The van der Waals surface area contributed by atoms with Crippen molar-refractivity contribution in [2.24, 2.45) is 5.73 Å². The van der Waals surface area contributed by atoms with Gasteiger partial charge in [0.2, 0.25) is 0 Å². The lowest BCUT2D eigenvalue weighted by Crippen LogP contribution is -2.10. The summed E-state index contributed by atoms with van der Waals surface area (Å²) in [5.41, 5.74) is 8.14. The Balaban J connectivity index is 2.40. The zero-order valence-electron chi connectivity index (χ0n) is 7.34. The first-order chi connectivity index (χ1) is 7.09. The van der Waals surface area contributed by atoms with Crippen LogP contribution in [0.2, 0.25) is 0 Å². The van der Waals surface area contributed by atoms with Gasteiger partial charge in [0.15, 0.2) is 4.67 Å². The normalized spacial score (nSPS) is 13.1. The van der Waals surface area contributed by atoms with Crippen LogP contribution in [-0.4, -0.2) is 0 Å². The third-order valence-electron chi connectivity index (χ3n) is 2.00. The SMILES string of the molecule is NC(c1ccoc1Br)c1cc(Br)sc1Br. The number of thiophene rings is 1. The fourth-order valence-corrected chi connectivity index (χ4v) is 4.67. The molecule has 6 heteroatoms. The second kappa shape index (κ2) is 4.71. The van der Waals surface area contributed by atoms with Gasteiger partial charge in [0.05, 0.1) is 19.9 Å². The quantitative estimate of drug-likeness (QED) is 0.773. The summed E-state index contributed by atoms with van der Waals surface area (Å²) >= 11 is 11.9. The Morgan fingerprint density at radius 3 is 2.47 bits per heavy atom. The van der Waals surface area contributed by atoms with Crippen LogP contribution in [0.3, 0.4) is 0 Å². The van der Waals surface area contributed by atoms with E-state index in [2.05, 4.69) is 47.8 Å². The monoisotopic (exact) mass is 413 g/mol. The molecular weight excluding hydrogens is 410 g/mol. The van der Waals surface area contributed by atoms with Gasteiger partial charge in [0.25, 0.3) is 0 Å². The zero-order chi connectivity index (χ0) is 11.0. The lowest BCUT2D eigenvalue weighted by molar-refractivity contribution is 0.534. The van der Waals surface area contributed by atoms with Gasteiger partial charge in [-0.05, 0) is 65.5 Å². The summed E-state index contributed by atoms with van der Waals surface area (Å²) in [5, 5.41) is 0. The maximum atomic E-state index is 6.14. The molecule has 2 aromatic rings. The average Bonchev–Trinajstić information content (AvgIpc) is 2.71. The van der Waals surface area contributed by atoms with E-state index in [-0.39, 0.29) is 6.04 Å². The second-order valence-electron chi connectivity index (χ2n) is 2.91. The lowest BCUT2D eigenvalue weighted by atomic mass is 10.1. The number of rotatable bonds is 2. The molecule has 0 fully saturated rings. The molecule has 2 N–H and O–H groups in total. The molecule has 0 bridgehead atoms. The van der Waals surface area contributed by atoms with E-state index in [0.717, 1.165) is 18.7 Å². The molecule has 0 spiro atoms. The summed E-state index contributed by atoms with van der Waals surface area (Å²) in [6.45, 7) is 0. The van der Waals surface area contributed by atoms with Gasteiger partial charge in [-0.25, -0.2) is 0 Å². The van der Waals surface area contributed by atoms with Crippen molar-refractivity contribution in [3.05, 3.63) is 41.8 Å². The highest BCUT2D eigenvalue weighted by Crippen LogP contribution is 2.38. The van der Waals surface area contributed by atoms with E-state index >= 15 is 0 Å². The standard InChI is InChI=1S/C9H6Br3NOS/c10-6-3-5(9(12)15-6)7(13)4-1-2-14-8(4)11/h1-3,7H,13H2. The van der Waals surface area contributed by atoms with Crippen LogP contribution in [0.15, 0.2) is 35.1 Å². The van der Waals surface area contributed by atoms with E-state index in [9.17, 15) is 0 Å². The third kappa shape index (κ3) is 2.39. The Hall–Kier alpha value is 0.380. The summed E-state index contributed by atoms with van der Waals surface area (Å²) in [4.78, 5) is 0. The minimum absolute atomic E-state index is 0.185. The van der Waals surface area contributed by atoms with Crippen LogP contribution in [0.4, 0.5) is 0 Å². The molecule has 2 nitrogen and oxygen atoms in total. The van der Waals surface area contributed by atoms with Crippen molar-refractivity contribution >= 4 is 59.1 Å². The highest BCUT2D eigenvalue weighted by Gasteiger charge is 2.18. The molecule has 0 aliphatic heterocycles. The van der Waals surface area contributed by atoms with Crippen molar-refractivity contribution in [1.29, 1.82) is 0 Å². The average molecular weight is 416 g/mol. The number of hydrogen-bond acceptors (Lipinski definition) is 3. The van der Waals surface area contributed by atoms with Crippen molar-refractivity contribution in [3.63, 3.8) is 0 Å². The van der Waals surface area contributed by atoms with Crippen LogP contribution >= 0.6 is 59.1 Å². The number of hydrogen-bond donors (Lipinski definition) is 1. The highest BCUT2D eigenvalue weighted by atomic mass is 79.9. The van der Waals surface area contributed by atoms with E-state index in [4.69, 9.17) is 10.2 Å². The Morgan fingerprint density at radius 1 is 1.27 bits per heavy atom. The van der Waals surface area contributed by atoms with Gasteiger partial charge >= 0.3 is 0 Å². The Bertz CT molecular complexity index is 479. The predicted octanol–water partition coefficient (Wildman–Crippen LogP) is 4.68. The van der Waals surface area contributed by atoms with Crippen molar-refractivity contribution < 1.29 is 4.42 Å². The molecule has 80 valence electrons. The number of nitrogens with two attached hydrogens (primary N) is 1. The molecule has 0 aliphatic carbocycles. The smallest absolute Gasteiger partial charge is 0.174 e. The van der Waals surface area contributed by atoms with Crippen LogP contribution in [0, 0.1) is 0 Å². The van der Waals surface area contributed by atoms with E-state index in [1.807, 2.05) is 12.1 Å². The fraction of sp³-hybridized carbons (Fsp3) is 0.111. The molecule has 1 atom stereocenters. The molecule has 1 unspecified atom stereocenters. The van der Waals surface area contributed by atoms with Crippen LogP contribution in [0.1, 0.15) is 17.2 Å². The first-order valence-electron chi connectivity index (χ1n) is 4.03. The molecule has 2 aromatic heterocycles. The van der Waals surface area contributed by atoms with Crippen molar-refractivity contribution in [2.45, 2.75) is 6.04 Å². The molecule has 2 heterocycles.